The second-order valence-corrected chi connectivity index (χ2v) is 5.75. The van der Waals surface area contributed by atoms with Gasteiger partial charge in [0.05, 0.1) is 23.5 Å². The number of halogens is 1. The molecule has 116 valence electrons. The van der Waals surface area contributed by atoms with E-state index in [1.807, 2.05) is 45.0 Å². The zero-order valence-corrected chi connectivity index (χ0v) is 13.9. The van der Waals surface area contributed by atoms with Crippen LogP contribution in [0.15, 0.2) is 24.3 Å². The molecule has 0 aliphatic carbocycles. The lowest BCUT2D eigenvalue weighted by atomic mass is 10.1. The SMILES string of the molecule is Cc1nc(N(C)C)nc(C)c1NC(=O)Cc1ccc(Cl)cc1. The number of aryl methyl sites for hydroxylation is 2. The van der Waals surface area contributed by atoms with Crippen LogP contribution in [0.2, 0.25) is 5.02 Å². The van der Waals surface area contributed by atoms with Crippen LogP contribution in [0, 0.1) is 13.8 Å². The summed E-state index contributed by atoms with van der Waals surface area (Å²) in [5, 5.41) is 3.55. The molecule has 5 nitrogen and oxygen atoms in total. The van der Waals surface area contributed by atoms with Crippen LogP contribution in [0.4, 0.5) is 11.6 Å². The Morgan fingerprint density at radius 2 is 1.68 bits per heavy atom. The Labute approximate surface area is 135 Å². The van der Waals surface area contributed by atoms with Gasteiger partial charge in [0, 0.05) is 19.1 Å². The largest absolute Gasteiger partial charge is 0.347 e. The fourth-order valence-electron chi connectivity index (χ4n) is 2.05. The van der Waals surface area contributed by atoms with Gasteiger partial charge in [-0.2, -0.15) is 0 Å². The standard InChI is InChI=1S/C16H19ClN4O/c1-10-15(11(2)19-16(18-10)21(3)4)20-14(22)9-12-5-7-13(17)8-6-12/h5-8H,9H2,1-4H3,(H,20,22). The van der Waals surface area contributed by atoms with Crippen LogP contribution in [0.3, 0.4) is 0 Å². The van der Waals surface area contributed by atoms with Crippen molar-refractivity contribution < 1.29 is 4.79 Å². The van der Waals surface area contributed by atoms with Crippen molar-refractivity contribution in [3.63, 3.8) is 0 Å². The summed E-state index contributed by atoms with van der Waals surface area (Å²) in [5.41, 5.74) is 3.08. The number of rotatable bonds is 4. The van der Waals surface area contributed by atoms with Crippen molar-refractivity contribution >= 4 is 29.1 Å². The molecular weight excluding hydrogens is 300 g/mol. The first-order chi connectivity index (χ1) is 10.4. The molecule has 1 aromatic heterocycles. The molecule has 0 fully saturated rings. The van der Waals surface area contributed by atoms with E-state index in [-0.39, 0.29) is 12.3 Å². The first kappa shape index (κ1) is 16.2. The van der Waals surface area contributed by atoms with Crippen molar-refractivity contribution in [3.8, 4) is 0 Å². The molecule has 0 unspecified atom stereocenters. The highest BCUT2D eigenvalue weighted by Gasteiger charge is 2.13. The summed E-state index contributed by atoms with van der Waals surface area (Å²) < 4.78 is 0. The van der Waals surface area contributed by atoms with Gasteiger partial charge in [0.15, 0.2) is 0 Å². The summed E-state index contributed by atoms with van der Waals surface area (Å²) in [5.74, 6) is 0.528. The molecule has 6 heteroatoms. The van der Waals surface area contributed by atoms with Crippen molar-refractivity contribution in [2.75, 3.05) is 24.3 Å². The van der Waals surface area contributed by atoms with Gasteiger partial charge in [-0.15, -0.1) is 0 Å². The van der Waals surface area contributed by atoms with E-state index in [0.29, 0.717) is 16.7 Å². The molecule has 0 saturated carbocycles. The Morgan fingerprint density at radius 3 is 2.18 bits per heavy atom. The van der Waals surface area contributed by atoms with Crippen molar-refractivity contribution in [2.24, 2.45) is 0 Å². The van der Waals surface area contributed by atoms with Gasteiger partial charge in [-0.1, -0.05) is 23.7 Å². The molecule has 0 spiro atoms. The van der Waals surface area contributed by atoms with Crippen LogP contribution < -0.4 is 10.2 Å². The molecule has 0 saturated heterocycles. The Balaban J connectivity index is 2.13. The van der Waals surface area contributed by atoms with Gasteiger partial charge in [0.1, 0.15) is 0 Å². The zero-order chi connectivity index (χ0) is 16.3. The smallest absolute Gasteiger partial charge is 0.228 e. The number of nitrogens with one attached hydrogen (secondary N) is 1. The van der Waals surface area contributed by atoms with E-state index in [1.54, 1.807) is 12.1 Å². The minimum atomic E-state index is -0.102. The third-order valence-electron chi connectivity index (χ3n) is 3.20. The normalized spacial score (nSPS) is 10.4. The van der Waals surface area contributed by atoms with E-state index >= 15 is 0 Å². The van der Waals surface area contributed by atoms with E-state index in [2.05, 4.69) is 15.3 Å². The van der Waals surface area contributed by atoms with Crippen LogP contribution in [-0.4, -0.2) is 30.0 Å². The average Bonchev–Trinajstić information content (AvgIpc) is 2.45. The predicted molar refractivity (Wildman–Crippen MR) is 89.6 cm³/mol. The van der Waals surface area contributed by atoms with Crippen LogP contribution in [0.1, 0.15) is 17.0 Å². The minimum absolute atomic E-state index is 0.102. The second kappa shape index (κ2) is 6.75. The molecule has 1 heterocycles. The lowest BCUT2D eigenvalue weighted by Crippen LogP contribution is -2.19. The monoisotopic (exact) mass is 318 g/mol. The fourth-order valence-corrected chi connectivity index (χ4v) is 2.18. The van der Waals surface area contributed by atoms with Crippen molar-refractivity contribution in [1.29, 1.82) is 0 Å². The minimum Gasteiger partial charge on any atom is -0.347 e. The number of benzene rings is 1. The van der Waals surface area contributed by atoms with Gasteiger partial charge >= 0.3 is 0 Å². The summed E-state index contributed by atoms with van der Waals surface area (Å²) in [6.45, 7) is 3.72. The van der Waals surface area contributed by atoms with Crippen molar-refractivity contribution in [2.45, 2.75) is 20.3 Å². The highest BCUT2D eigenvalue weighted by Crippen LogP contribution is 2.20. The molecular formula is C16H19ClN4O. The molecule has 0 radical (unpaired) electrons. The Bertz CT molecular complexity index is 660. The van der Waals surface area contributed by atoms with Gasteiger partial charge < -0.3 is 10.2 Å². The summed E-state index contributed by atoms with van der Waals surface area (Å²) >= 11 is 5.84. The Hall–Kier alpha value is -2.14. The molecule has 1 N–H and O–H groups in total. The van der Waals surface area contributed by atoms with Gasteiger partial charge in [-0.05, 0) is 31.5 Å². The van der Waals surface area contributed by atoms with Crippen molar-refractivity contribution in [1.82, 2.24) is 9.97 Å². The van der Waals surface area contributed by atoms with E-state index in [1.165, 1.54) is 0 Å². The van der Waals surface area contributed by atoms with Crippen LogP contribution in [-0.2, 0) is 11.2 Å². The Morgan fingerprint density at radius 1 is 1.14 bits per heavy atom. The van der Waals surface area contributed by atoms with Crippen LogP contribution >= 0.6 is 11.6 Å². The number of amides is 1. The number of carbonyl (C=O) groups is 1. The number of carbonyl (C=O) groups excluding carboxylic acids is 1. The van der Waals surface area contributed by atoms with Crippen molar-refractivity contribution in [3.05, 3.63) is 46.2 Å². The summed E-state index contributed by atoms with van der Waals surface area (Å²) in [7, 11) is 3.76. The Kier molecular flexibility index (Phi) is 4.98. The molecule has 1 aromatic carbocycles. The number of anilines is 2. The van der Waals surface area contributed by atoms with Gasteiger partial charge in [0.2, 0.25) is 11.9 Å². The highest BCUT2D eigenvalue weighted by atomic mass is 35.5. The van der Waals surface area contributed by atoms with E-state index in [9.17, 15) is 4.79 Å². The van der Waals surface area contributed by atoms with E-state index < -0.39 is 0 Å². The second-order valence-electron chi connectivity index (χ2n) is 5.32. The lowest BCUT2D eigenvalue weighted by Gasteiger charge is -2.15. The van der Waals surface area contributed by atoms with Gasteiger partial charge in [-0.3, -0.25) is 4.79 Å². The summed E-state index contributed by atoms with van der Waals surface area (Å²) in [6, 6.07) is 7.23. The van der Waals surface area contributed by atoms with Crippen LogP contribution in [0.5, 0.6) is 0 Å². The van der Waals surface area contributed by atoms with E-state index in [4.69, 9.17) is 11.6 Å². The molecule has 1 amide bonds. The maximum absolute atomic E-state index is 12.2. The third kappa shape index (κ3) is 3.95. The number of aromatic nitrogens is 2. The maximum Gasteiger partial charge on any atom is 0.228 e. The third-order valence-corrected chi connectivity index (χ3v) is 3.45. The molecule has 2 rings (SSSR count). The van der Waals surface area contributed by atoms with E-state index in [0.717, 1.165) is 17.0 Å². The first-order valence-corrected chi connectivity index (χ1v) is 7.31. The fraction of sp³-hybridized carbons (Fsp3) is 0.312. The topological polar surface area (TPSA) is 58.1 Å². The van der Waals surface area contributed by atoms with Gasteiger partial charge in [-0.25, -0.2) is 9.97 Å². The summed E-state index contributed by atoms with van der Waals surface area (Å²) in [4.78, 5) is 22.8. The lowest BCUT2D eigenvalue weighted by molar-refractivity contribution is -0.115. The van der Waals surface area contributed by atoms with Crippen LogP contribution in [0.25, 0.3) is 0 Å². The molecule has 2 aromatic rings. The maximum atomic E-state index is 12.2. The molecule has 0 aliphatic heterocycles. The molecule has 0 aliphatic rings. The highest BCUT2D eigenvalue weighted by molar-refractivity contribution is 6.30. The number of hydrogen-bond donors (Lipinski definition) is 1. The first-order valence-electron chi connectivity index (χ1n) is 6.93. The quantitative estimate of drug-likeness (QED) is 0.941. The molecule has 0 atom stereocenters. The summed E-state index contributed by atoms with van der Waals surface area (Å²) in [6.07, 6.45) is 0.283. The average molecular weight is 319 g/mol. The number of nitrogens with zero attached hydrogens (tertiary/aromatic N) is 3. The molecule has 22 heavy (non-hydrogen) atoms. The predicted octanol–water partition coefficient (Wildman–Crippen LogP) is 2.99. The molecule has 0 bridgehead atoms. The number of hydrogen-bond acceptors (Lipinski definition) is 4. The van der Waals surface area contributed by atoms with Gasteiger partial charge in [0.25, 0.3) is 0 Å². The zero-order valence-electron chi connectivity index (χ0n) is 13.1.